The third-order valence-corrected chi connectivity index (χ3v) is 4.53. The molecule has 0 saturated carbocycles. The van der Waals surface area contributed by atoms with E-state index in [1.54, 1.807) is 68.4 Å². The summed E-state index contributed by atoms with van der Waals surface area (Å²) in [6.07, 6.45) is 1.79. The zero-order valence-corrected chi connectivity index (χ0v) is 17.4. The number of esters is 2. The molecule has 0 radical (unpaired) electrons. The molecule has 2 aromatic rings. The van der Waals surface area contributed by atoms with Crippen LogP contribution in [0.1, 0.15) is 67.7 Å². The molecule has 0 aliphatic heterocycles. The summed E-state index contributed by atoms with van der Waals surface area (Å²) in [5.41, 5.74) is -0.648. The minimum Gasteiger partial charge on any atom is -0.456 e. The first kappa shape index (κ1) is 22.3. The number of ketones is 1. The van der Waals surface area contributed by atoms with Gasteiger partial charge in [0, 0.05) is 5.56 Å². The Morgan fingerprint density at radius 2 is 1.14 bits per heavy atom. The SMILES string of the molecule is CC(C)(CCCC(C)(C)OC(=O)c1ccccc1)OC(=O)C(=O)c1ccccc1. The van der Waals surface area contributed by atoms with Gasteiger partial charge in [-0.15, -0.1) is 0 Å². The van der Waals surface area contributed by atoms with Gasteiger partial charge in [-0.1, -0.05) is 48.5 Å². The maximum absolute atomic E-state index is 12.2. The van der Waals surface area contributed by atoms with Crippen LogP contribution in [0.5, 0.6) is 0 Å². The molecule has 0 aromatic heterocycles. The minimum atomic E-state index is -0.865. The second-order valence-corrected chi connectivity index (χ2v) is 8.21. The summed E-state index contributed by atoms with van der Waals surface area (Å²) in [4.78, 5) is 36.6. The zero-order chi connectivity index (χ0) is 21.5. The molecule has 0 atom stereocenters. The van der Waals surface area contributed by atoms with Crippen LogP contribution in [0, 0.1) is 0 Å². The van der Waals surface area contributed by atoms with Gasteiger partial charge < -0.3 is 9.47 Å². The van der Waals surface area contributed by atoms with Gasteiger partial charge >= 0.3 is 11.9 Å². The average molecular weight is 396 g/mol. The Morgan fingerprint density at radius 1 is 0.690 bits per heavy atom. The Kier molecular flexibility index (Phi) is 7.32. The molecule has 0 saturated heterocycles. The molecule has 0 aliphatic carbocycles. The number of carbonyl (C=O) groups excluding carboxylic acids is 3. The van der Waals surface area contributed by atoms with Gasteiger partial charge in [-0.25, -0.2) is 9.59 Å². The van der Waals surface area contributed by atoms with Crippen molar-refractivity contribution in [2.45, 2.75) is 58.2 Å². The summed E-state index contributed by atoms with van der Waals surface area (Å²) in [6.45, 7) is 7.25. The highest BCUT2D eigenvalue weighted by atomic mass is 16.6. The van der Waals surface area contributed by atoms with E-state index >= 15 is 0 Å². The highest BCUT2D eigenvalue weighted by Crippen LogP contribution is 2.25. The van der Waals surface area contributed by atoms with E-state index in [0.29, 0.717) is 30.4 Å². The lowest BCUT2D eigenvalue weighted by Crippen LogP contribution is -2.33. The molecule has 2 aromatic carbocycles. The van der Waals surface area contributed by atoms with Crippen molar-refractivity contribution in [1.29, 1.82) is 0 Å². The fourth-order valence-electron chi connectivity index (χ4n) is 2.93. The molecular weight excluding hydrogens is 368 g/mol. The van der Waals surface area contributed by atoms with E-state index in [9.17, 15) is 14.4 Å². The second kappa shape index (κ2) is 9.50. The number of benzene rings is 2. The molecule has 0 heterocycles. The van der Waals surface area contributed by atoms with Crippen molar-refractivity contribution in [3.8, 4) is 0 Å². The average Bonchev–Trinajstić information content (AvgIpc) is 2.67. The van der Waals surface area contributed by atoms with Crippen LogP contribution in [0.4, 0.5) is 0 Å². The van der Waals surface area contributed by atoms with Gasteiger partial charge in [-0.3, -0.25) is 4.79 Å². The maximum atomic E-state index is 12.2. The number of rotatable bonds is 9. The standard InChI is InChI=1S/C24H28O5/c1-23(2,28-21(26)19-14-9-6-10-15-19)16-11-17-24(3,4)29-22(27)20(25)18-12-7-5-8-13-18/h5-10,12-15H,11,16-17H2,1-4H3. The fourth-order valence-corrected chi connectivity index (χ4v) is 2.93. The minimum absolute atomic E-state index is 0.308. The molecule has 5 nitrogen and oxygen atoms in total. The Labute approximate surface area is 172 Å². The first-order valence-corrected chi connectivity index (χ1v) is 9.71. The summed E-state index contributed by atoms with van der Waals surface area (Å²) in [7, 11) is 0. The predicted molar refractivity (Wildman–Crippen MR) is 111 cm³/mol. The number of hydrogen-bond acceptors (Lipinski definition) is 5. The van der Waals surface area contributed by atoms with Gasteiger partial charge in [0.2, 0.25) is 0 Å². The number of Topliss-reactive ketones (excluding diaryl/α,β-unsaturated/α-hetero) is 1. The number of hydrogen-bond donors (Lipinski definition) is 0. The largest absolute Gasteiger partial charge is 0.456 e. The monoisotopic (exact) mass is 396 g/mol. The van der Waals surface area contributed by atoms with E-state index in [-0.39, 0.29) is 5.97 Å². The summed E-state index contributed by atoms with van der Waals surface area (Å²) < 4.78 is 11.0. The fraction of sp³-hybridized carbons (Fsp3) is 0.375. The molecule has 0 N–H and O–H groups in total. The van der Waals surface area contributed by atoms with E-state index in [2.05, 4.69) is 0 Å². The molecule has 0 aliphatic rings. The molecular formula is C24H28O5. The predicted octanol–water partition coefficient (Wildman–Crippen LogP) is 5.00. The number of ether oxygens (including phenoxy) is 2. The van der Waals surface area contributed by atoms with Crippen molar-refractivity contribution in [2.24, 2.45) is 0 Å². The van der Waals surface area contributed by atoms with Gasteiger partial charge in [-0.2, -0.15) is 0 Å². The Bertz CT molecular complexity index is 838. The summed E-state index contributed by atoms with van der Waals surface area (Å²) >= 11 is 0. The normalized spacial score (nSPS) is 11.6. The van der Waals surface area contributed by atoms with Gasteiger partial charge in [0.05, 0.1) is 5.56 Å². The van der Waals surface area contributed by atoms with Crippen LogP contribution >= 0.6 is 0 Å². The molecule has 0 spiro atoms. The molecule has 0 fully saturated rings. The lowest BCUT2D eigenvalue weighted by atomic mass is 9.94. The first-order valence-electron chi connectivity index (χ1n) is 9.71. The maximum Gasteiger partial charge on any atom is 0.380 e. The Morgan fingerprint density at radius 3 is 1.66 bits per heavy atom. The summed E-state index contributed by atoms with van der Waals surface area (Å²) in [5.74, 6) is -1.89. The third kappa shape index (κ3) is 7.18. The van der Waals surface area contributed by atoms with E-state index in [1.807, 2.05) is 19.9 Å². The van der Waals surface area contributed by atoms with Crippen molar-refractivity contribution < 1.29 is 23.9 Å². The summed E-state index contributed by atoms with van der Waals surface area (Å²) in [5, 5.41) is 0. The highest BCUT2D eigenvalue weighted by Gasteiger charge is 2.29. The van der Waals surface area contributed by atoms with Crippen LogP contribution in [-0.4, -0.2) is 28.9 Å². The van der Waals surface area contributed by atoms with Crippen LogP contribution in [0.3, 0.4) is 0 Å². The number of carbonyl (C=O) groups is 3. The van der Waals surface area contributed by atoms with Gasteiger partial charge in [0.25, 0.3) is 5.78 Å². The van der Waals surface area contributed by atoms with Crippen LogP contribution < -0.4 is 0 Å². The highest BCUT2D eigenvalue weighted by molar-refractivity contribution is 6.40. The molecule has 0 bridgehead atoms. The molecule has 29 heavy (non-hydrogen) atoms. The van der Waals surface area contributed by atoms with Gasteiger partial charge in [-0.05, 0) is 59.1 Å². The van der Waals surface area contributed by atoms with Gasteiger partial charge in [0.15, 0.2) is 0 Å². The molecule has 5 heteroatoms. The second-order valence-electron chi connectivity index (χ2n) is 8.21. The van der Waals surface area contributed by atoms with E-state index in [4.69, 9.17) is 9.47 Å². The first-order chi connectivity index (χ1) is 13.6. The van der Waals surface area contributed by atoms with Crippen molar-refractivity contribution in [2.75, 3.05) is 0 Å². The smallest absolute Gasteiger partial charge is 0.380 e. The van der Waals surface area contributed by atoms with Crippen LogP contribution in [0.2, 0.25) is 0 Å². The molecule has 2 rings (SSSR count). The van der Waals surface area contributed by atoms with Gasteiger partial charge in [0.1, 0.15) is 11.2 Å². The van der Waals surface area contributed by atoms with Crippen LogP contribution in [0.15, 0.2) is 60.7 Å². The molecule has 154 valence electrons. The van der Waals surface area contributed by atoms with Crippen LogP contribution in [0.25, 0.3) is 0 Å². The Hall–Kier alpha value is -2.95. The van der Waals surface area contributed by atoms with Crippen LogP contribution in [-0.2, 0) is 14.3 Å². The lowest BCUT2D eigenvalue weighted by molar-refractivity contribution is -0.151. The van der Waals surface area contributed by atoms with E-state index in [0.717, 1.165) is 0 Å². The van der Waals surface area contributed by atoms with E-state index < -0.39 is 23.0 Å². The quantitative estimate of drug-likeness (QED) is 0.339. The van der Waals surface area contributed by atoms with Crippen molar-refractivity contribution in [3.63, 3.8) is 0 Å². The van der Waals surface area contributed by atoms with Crippen molar-refractivity contribution >= 4 is 17.7 Å². The van der Waals surface area contributed by atoms with E-state index in [1.165, 1.54) is 0 Å². The molecule has 0 unspecified atom stereocenters. The van der Waals surface area contributed by atoms with Crippen molar-refractivity contribution in [3.05, 3.63) is 71.8 Å². The Balaban J connectivity index is 1.83. The zero-order valence-electron chi connectivity index (χ0n) is 17.4. The summed E-state index contributed by atoms with van der Waals surface area (Å²) in [6, 6.07) is 17.2. The lowest BCUT2D eigenvalue weighted by Gasteiger charge is -2.28. The third-order valence-electron chi connectivity index (χ3n) is 4.53. The topological polar surface area (TPSA) is 69.7 Å². The molecule has 0 amide bonds. The van der Waals surface area contributed by atoms with Crippen molar-refractivity contribution in [1.82, 2.24) is 0 Å².